The number of nitrogens with zero attached hydrogens (tertiary/aromatic N) is 2. The number of anilines is 1. The quantitative estimate of drug-likeness (QED) is 0.698. The van der Waals surface area contributed by atoms with Gasteiger partial charge in [-0.05, 0) is 26.2 Å². The number of rotatable bonds is 8. The van der Waals surface area contributed by atoms with Crippen molar-refractivity contribution in [3.63, 3.8) is 0 Å². The van der Waals surface area contributed by atoms with Gasteiger partial charge in [0.15, 0.2) is 5.82 Å². The van der Waals surface area contributed by atoms with E-state index in [1.54, 1.807) is 24.1 Å². The maximum atomic E-state index is 11.8. The monoisotopic (exact) mass is 239 g/mol. The summed E-state index contributed by atoms with van der Waals surface area (Å²) >= 11 is 0. The molecule has 0 radical (unpaired) electrons. The Hall–Kier alpha value is -1.36. The van der Waals surface area contributed by atoms with Crippen molar-refractivity contribution < 1.29 is 4.74 Å². The highest BCUT2D eigenvalue weighted by atomic mass is 16.5. The summed E-state index contributed by atoms with van der Waals surface area (Å²) < 4.78 is 6.61. The summed E-state index contributed by atoms with van der Waals surface area (Å²) in [6, 6.07) is 0. The molecule has 0 aliphatic heterocycles. The van der Waals surface area contributed by atoms with Crippen LogP contribution in [0.3, 0.4) is 0 Å². The minimum absolute atomic E-state index is 0.0492. The molecule has 1 rings (SSSR count). The molecule has 5 nitrogen and oxygen atoms in total. The van der Waals surface area contributed by atoms with Gasteiger partial charge in [-0.3, -0.25) is 4.79 Å². The summed E-state index contributed by atoms with van der Waals surface area (Å²) in [4.78, 5) is 15.8. The molecule has 0 saturated heterocycles. The van der Waals surface area contributed by atoms with Crippen molar-refractivity contribution >= 4 is 5.82 Å². The molecule has 0 aromatic carbocycles. The van der Waals surface area contributed by atoms with Gasteiger partial charge in [-0.1, -0.05) is 0 Å². The van der Waals surface area contributed by atoms with Crippen LogP contribution in [0.2, 0.25) is 0 Å². The van der Waals surface area contributed by atoms with Gasteiger partial charge in [0, 0.05) is 39.2 Å². The van der Waals surface area contributed by atoms with E-state index in [0.29, 0.717) is 12.4 Å². The van der Waals surface area contributed by atoms with Gasteiger partial charge in [0.1, 0.15) is 0 Å². The molecule has 1 aromatic heterocycles. The van der Waals surface area contributed by atoms with E-state index in [-0.39, 0.29) is 5.56 Å². The largest absolute Gasteiger partial charge is 0.385 e. The molecular formula is C12H21N3O2. The van der Waals surface area contributed by atoms with E-state index in [9.17, 15) is 4.79 Å². The minimum Gasteiger partial charge on any atom is -0.385 e. The van der Waals surface area contributed by atoms with Crippen LogP contribution in [0.1, 0.15) is 26.2 Å². The summed E-state index contributed by atoms with van der Waals surface area (Å²) in [5.74, 6) is 0.445. The van der Waals surface area contributed by atoms with Crippen molar-refractivity contribution in [2.75, 3.05) is 25.6 Å². The molecule has 1 aromatic rings. The Morgan fingerprint density at radius 3 is 2.94 bits per heavy atom. The van der Waals surface area contributed by atoms with Crippen LogP contribution in [0.25, 0.3) is 0 Å². The molecule has 0 saturated carbocycles. The maximum Gasteiger partial charge on any atom is 0.293 e. The Morgan fingerprint density at radius 2 is 2.24 bits per heavy atom. The molecule has 0 unspecified atom stereocenters. The third-order valence-electron chi connectivity index (χ3n) is 2.57. The van der Waals surface area contributed by atoms with Crippen molar-refractivity contribution in [3.05, 3.63) is 22.7 Å². The highest BCUT2D eigenvalue weighted by Gasteiger charge is 2.01. The number of unbranched alkanes of at least 4 members (excludes halogenated alkanes) is 2. The molecule has 1 N–H and O–H groups in total. The third-order valence-corrected chi connectivity index (χ3v) is 2.57. The second kappa shape index (κ2) is 7.84. The number of ether oxygens (including phenoxy) is 1. The molecule has 0 spiro atoms. The van der Waals surface area contributed by atoms with E-state index in [1.165, 1.54) is 0 Å². The SMILES string of the molecule is CCn1ccnc(NCCCCCOC)c1=O. The average molecular weight is 239 g/mol. The Kier molecular flexibility index (Phi) is 6.32. The third kappa shape index (κ3) is 4.56. The van der Waals surface area contributed by atoms with Crippen LogP contribution >= 0.6 is 0 Å². The van der Waals surface area contributed by atoms with Crippen LogP contribution in [0, 0.1) is 0 Å². The summed E-state index contributed by atoms with van der Waals surface area (Å²) in [7, 11) is 1.71. The van der Waals surface area contributed by atoms with Crippen molar-refractivity contribution in [1.82, 2.24) is 9.55 Å². The van der Waals surface area contributed by atoms with E-state index >= 15 is 0 Å². The highest BCUT2D eigenvalue weighted by Crippen LogP contribution is 1.98. The van der Waals surface area contributed by atoms with Crippen LogP contribution in [0.15, 0.2) is 17.2 Å². The molecule has 5 heteroatoms. The first-order valence-electron chi connectivity index (χ1n) is 6.07. The first kappa shape index (κ1) is 13.7. The molecule has 1 heterocycles. The van der Waals surface area contributed by atoms with Crippen LogP contribution in [0.4, 0.5) is 5.82 Å². The average Bonchev–Trinajstić information content (AvgIpc) is 2.35. The van der Waals surface area contributed by atoms with Gasteiger partial charge < -0.3 is 14.6 Å². The maximum absolute atomic E-state index is 11.8. The second-order valence-electron chi connectivity index (χ2n) is 3.85. The number of nitrogens with one attached hydrogen (secondary N) is 1. The van der Waals surface area contributed by atoms with Gasteiger partial charge in [-0.2, -0.15) is 0 Å². The lowest BCUT2D eigenvalue weighted by molar-refractivity contribution is 0.192. The van der Waals surface area contributed by atoms with E-state index in [0.717, 1.165) is 32.4 Å². The molecule has 96 valence electrons. The van der Waals surface area contributed by atoms with Crippen LogP contribution in [-0.2, 0) is 11.3 Å². The van der Waals surface area contributed by atoms with Gasteiger partial charge >= 0.3 is 0 Å². The van der Waals surface area contributed by atoms with Crippen LogP contribution < -0.4 is 10.9 Å². The lowest BCUT2D eigenvalue weighted by Gasteiger charge is -2.07. The first-order valence-corrected chi connectivity index (χ1v) is 6.07. The Labute approximate surface area is 102 Å². The summed E-state index contributed by atoms with van der Waals surface area (Å²) in [5.41, 5.74) is -0.0492. The van der Waals surface area contributed by atoms with Crippen molar-refractivity contribution in [1.29, 1.82) is 0 Å². The zero-order valence-electron chi connectivity index (χ0n) is 10.6. The fourth-order valence-corrected chi connectivity index (χ4v) is 1.57. The zero-order valence-corrected chi connectivity index (χ0v) is 10.6. The Bertz CT molecular complexity index is 376. The van der Waals surface area contributed by atoms with Crippen molar-refractivity contribution in [2.45, 2.75) is 32.7 Å². The van der Waals surface area contributed by atoms with E-state index in [1.807, 2.05) is 6.92 Å². The zero-order chi connectivity index (χ0) is 12.5. The second-order valence-corrected chi connectivity index (χ2v) is 3.85. The molecular weight excluding hydrogens is 218 g/mol. The van der Waals surface area contributed by atoms with Crippen LogP contribution in [-0.4, -0.2) is 29.8 Å². The number of aromatic nitrogens is 2. The standard InChI is InChI=1S/C12H21N3O2/c1-3-15-9-8-14-11(12(15)16)13-7-5-4-6-10-17-2/h8-9H,3-7,10H2,1-2H3,(H,13,14). The lowest BCUT2D eigenvalue weighted by atomic mass is 10.2. The number of hydrogen-bond acceptors (Lipinski definition) is 4. The van der Waals surface area contributed by atoms with Gasteiger partial charge in [0.2, 0.25) is 0 Å². The van der Waals surface area contributed by atoms with Crippen molar-refractivity contribution in [2.24, 2.45) is 0 Å². The molecule has 17 heavy (non-hydrogen) atoms. The molecule has 0 amide bonds. The summed E-state index contributed by atoms with van der Waals surface area (Å²) in [6.07, 6.45) is 6.52. The number of methoxy groups -OCH3 is 1. The minimum atomic E-state index is -0.0492. The topological polar surface area (TPSA) is 56.1 Å². The van der Waals surface area contributed by atoms with E-state index in [2.05, 4.69) is 10.3 Å². The summed E-state index contributed by atoms with van der Waals surface area (Å²) in [5, 5.41) is 3.08. The van der Waals surface area contributed by atoms with Gasteiger partial charge in [-0.25, -0.2) is 4.98 Å². The van der Waals surface area contributed by atoms with Gasteiger partial charge in [0.25, 0.3) is 5.56 Å². The molecule has 0 atom stereocenters. The fraction of sp³-hybridized carbons (Fsp3) is 0.667. The van der Waals surface area contributed by atoms with Gasteiger partial charge in [-0.15, -0.1) is 0 Å². The lowest BCUT2D eigenvalue weighted by Crippen LogP contribution is -2.24. The number of hydrogen-bond donors (Lipinski definition) is 1. The first-order chi connectivity index (χ1) is 8.29. The predicted molar refractivity (Wildman–Crippen MR) is 68.4 cm³/mol. The number of aryl methyl sites for hydroxylation is 1. The Morgan fingerprint density at radius 1 is 1.41 bits per heavy atom. The van der Waals surface area contributed by atoms with Gasteiger partial charge in [0.05, 0.1) is 0 Å². The summed E-state index contributed by atoms with van der Waals surface area (Å²) in [6.45, 7) is 4.19. The van der Waals surface area contributed by atoms with E-state index in [4.69, 9.17) is 4.74 Å². The highest BCUT2D eigenvalue weighted by molar-refractivity contribution is 5.30. The van der Waals surface area contributed by atoms with E-state index < -0.39 is 0 Å². The molecule has 0 bridgehead atoms. The molecule has 0 aliphatic carbocycles. The fourth-order valence-electron chi connectivity index (χ4n) is 1.57. The Balaban J connectivity index is 2.34. The molecule has 0 fully saturated rings. The van der Waals surface area contributed by atoms with Crippen molar-refractivity contribution in [3.8, 4) is 0 Å². The predicted octanol–water partition coefficient (Wildman–Crippen LogP) is 1.49. The van der Waals surface area contributed by atoms with Crippen LogP contribution in [0.5, 0.6) is 0 Å². The normalized spacial score (nSPS) is 10.5. The molecule has 0 aliphatic rings. The smallest absolute Gasteiger partial charge is 0.293 e.